The molecule has 2 nitrogen and oxygen atoms in total. The van der Waals surface area contributed by atoms with Crippen LogP contribution in [0.5, 0.6) is 5.75 Å². The van der Waals surface area contributed by atoms with Gasteiger partial charge >= 0.3 is 42.6 Å². The van der Waals surface area contributed by atoms with Crippen LogP contribution in [-0.2, 0) is 0 Å². The summed E-state index contributed by atoms with van der Waals surface area (Å²) in [4.78, 5) is 10.2. The Labute approximate surface area is 105 Å². The van der Waals surface area contributed by atoms with Crippen molar-refractivity contribution in [3.63, 3.8) is 0 Å². The third kappa shape index (κ3) is 5.34. The van der Waals surface area contributed by atoms with Gasteiger partial charge in [-0.15, -0.1) is 0 Å². The van der Waals surface area contributed by atoms with E-state index in [9.17, 15) is 9.18 Å². The van der Waals surface area contributed by atoms with Crippen molar-refractivity contribution in [3.05, 3.63) is 29.6 Å². The zero-order chi connectivity index (χ0) is 12.6. The number of ether oxygens (including phenoxy) is 1. The summed E-state index contributed by atoms with van der Waals surface area (Å²) in [7, 11) is 1.35. The molecule has 0 fully saturated rings. The second kappa shape index (κ2) is 8.38. The first-order valence-electron chi connectivity index (χ1n) is 5.34. The number of methoxy groups -OCH3 is 1. The monoisotopic (exact) mass is 218 g/mol. The molecule has 84 valence electrons. The third-order valence-electron chi connectivity index (χ3n) is 2.16. The van der Waals surface area contributed by atoms with Crippen LogP contribution in [0.4, 0.5) is 4.39 Å². The van der Waals surface area contributed by atoms with E-state index in [1.54, 1.807) is 6.07 Å². The predicted octanol–water partition coefficient (Wildman–Crippen LogP) is 3.02. The Morgan fingerprint density at radius 1 is 1.56 bits per heavy atom. The molecule has 0 saturated carbocycles. The molecule has 0 N–H and O–H groups in total. The molecule has 0 aromatic heterocycles. The van der Waals surface area contributed by atoms with Gasteiger partial charge in [0.25, 0.3) is 0 Å². The number of rotatable bonds is 3. The first-order valence-corrected chi connectivity index (χ1v) is 5.34. The van der Waals surface area contributed by atoms with Crippen LogP contribution in [-0.4, -0.2) is 31.1 Å². The van der Waals surface area contributed by atoms with E-state index in [0.717, 1.165) is 4.59 Å². The Hall–Kier alpha value is -0.783. The van der Waals surface area contributed by atoms with Crippen molar-refractivity contribution in [3.8, 4) is 5.75 Å². The molecule has 1 aromatic carbocycles. The van der Waals surface area contributed by atoms with Gasteiger partial charge in [0, 0.05) is 0 Å². The summed E-state index contributed by atoms with van der Waals surface area (Å²) >= 11 is 2.22. The van der Waals surface area contributed by atoms with Crippen molar-refractivity contribution in [2.24, 2.45) is 0 Å². The number of aldehydes is 1. The number of hydrogen-bond donors (Lipinski definition) is 0. The van der Waals surface area contributed by atoms with Gasteiger partial charge in [-0.25, -0.2) is 4.39 Å². The molecule has 1 atom stereocenters. The molecule has 0 bridgehead atoms. The van der Waals surface area contributed by atoms with Gasteiger partial charge in [-0.1, -0.05) is 6.07 Å². The minimum absolute atomic E-state index is 0.0179. The van der Waals surface area contributed by atoms with E-state index in [1.807, 2.05) is 0 Å². The summed E-state index contributed by atoms with van der Waals surface area (Å²) in [6.45, 7) is 4.42. The number of carbonyl (C=O) groups excluding carboxylic acids is 1. The van der Waals surface area contributed by atoms with Gasteiger partial charge in [0.2, 0.25) is 0 Å². The fourth-order valence-corrected chi connectivity index (χ4v) is 0.776. The Kier molecular flexibility index (Phi) is 7.97. The predicted molar refractivity (Wildman–Crippen MR) is 63.8 cm³/mol. The first-order chi connectivity index (χ1) is 7.56. The zero-order valence-corrected chi connectivity index (χ0v) is 10.3. The molecule has 0 aliphatic carbocycles. The van der Waals surface area contributed by atoms with Crippen LogP contribution >= 0.6 is 0 Å². The average Bonchev–Trinajstić information content (AvgIpc) is 2.30. The molecular weight excluding hydrogens is 202 g/mol. The van der Waals surface area contributed by atoms with Gasteiger partial charge in [0.1, 0.15) is 0 Å². The Balaban J connectivity index is 0.000000385. The van der Waals surface area contributed by atoms with Gasteiger partial charge in [-0.2, -0.15) is 0 Å². The fourth-order valence-electron chi connectivity index (χ4n) is 0.776. The SMILES string of the molecule is COc1cccc(C=O)c1F.[Li][CH](C)CC. The molecule has 1 rings (SSSR count). The molecule has 0 aliphatic heterocycles. The van der Waals surface area contributed by atoms with Crippen molar-refractivity contribution in [2.45, 2.75) is 24.9 Å². The summed E-state index contributed by atoms with van der Waals surface area (Å²) in [5.41, 5.74) is 0.0179. The van der Waals surface area contributed by atoms with Crippen molar-refractivity contribution in [1.82, 2.24) is 0 Å². The normalized spacial score (nSPS) is 11.1. The van der Waals surface area contributed by atoms with E-state index in [4.69, 9.17) is 0 Å². The molecule has 0 heterocycles. The van der Waals surface area contributed by atoms with Crippen molar-refractivity contribution in [1.29, 1.82) is 0 Å². The summed E-state index contributed by atoms with van der Waals surface area (Å²) in [6, 6.07) is 4.42. The standard InChI is InChI=1S/C8H7FO2.C4H9.Li/c1-11-7-4-2-3-6(5-10)8(7)9;1-3-4-2;/h2-5H,1H3;3H,4H2,1-2H3;. The van der Waals surface area contributed by atoms with Crippen LogP contribution < -0.4 is 4.74 Å². The van der Waals surface area contributed by atoms with E-state index in [-0.39, 0.29) is 11.3 Å². The van der Waals surface area contributed by atoms with E-state index >= 15 is 0 Å². The molecule has 0 radical (unpaired) electrons. The third-order valence-corrected chi connectivity index (χ3v) is 2.16. The maximum absolute atomic E-state index is 12.9. The zero-order valence-electron chi connectivity index (χ0n) is 10.3. The molecular formula is C12H16FLiO2. The molecule has 1 aromatic rings. The number of benzene rings is 1. The number of carbonyl (C=O) groups is 1. The van der Waals surface area contributed by atoms with Crippen LogP contribution in [0.15, 0.2) is 18.2 Å². The summed E-state index contributed by atoms with van der Waals surface area (Å²) in [5.74, 6) is -0.514. The second-order valence-electron chi connectivity index (χ2n) is 3.78. The van der Waals surface area contributed by atoms with Gasteiger partial charge in [-0.3, -0.25) is 4.79 Å². The van der Waals surface area contributed by atoms with E-state index in [0.29, 0.717) is 6.29 Å². The first kappa shape index (κ1) is 15.2. The number of hydrogen-bond acceptors (Lipinski definition) is 2. The second-order valence-corrected chi connectivity index (χ2v) is 3.78. The van der Waals surface area contributed by atoms with Crippen molar-refractivity contribution >= 4 is 24.0 Å². The Morgan fingerprint density at radius 2 is 2.12 bits per heavy atom. The molecule has 0 amide bonds. The quantitative estimate of drug-likeness (QED) is 0.575. The van der Waals surface area contributed by atoms with Gasteiger partial charge in [-0.05, 0) is 12.1 Å². The molecule has 1 unspecified atom stereocenters. The van der Waals surface area contributed by atoms with Crippen LogP contribution in [0.1, 0.15) is 30.6 Å². The number of halogens is 1. The molecule has 0 aliphatic rings. The van der Waals surface area contributed by atoms with Crippen LogP contribution in [0.2, 0.25) is 4.59 Å². The van der Waals surface area contributed by atoms with E-state index in [1.165, 1.54) is 25.7 Å². The van der Waals surface area contributed by atoms with Crippen LogP contribution in [0.25, 0.3) is 0 Å². The van der Waals surface area contributed by atoms with E-state index < -0.39 is 5.82 Å². The molecule has 0 spiro atoms. The maximum atomic E-state index is 12.9. The van der Waals surface area contributed by atoms with Crippen molar-refractivity contribution < 1.29 is 13.9 Å². The average molecular weight is 218 g/mol. The van der Waals surface area contributed by atoms with E-state index in [2.05, 4.69) is 36.3 Å². The summed E-state index contributed by atoms with van der Waals surface area (Å²) in [6.07, 6.45) is 1.76. The molecule has 4 heteroatoms. The van der Waals surface area contributed by atoms with Crippen LogP contribution in [0, 0.1) is 5.82 Å². The minimum atomic E-state index is -0.606. The van der Waals surface area contributed by atoms with Gasteiger partial charge in [0.15, 0.2) is 17.9 Å². The van der Waals surface area contributed by atoms with Gasteiger partial charge < -0.3 is 4.74 Å². The summed E-state index contributed by atoms with van der Waals surface area (Å²) in [5, 5.41) is 0. The van der Waals surface area contributed by atoms with Crippen LogP contribution in [0.3, 0.4) is 0 Å². The van der Waals surface area contributed by atoms with Gasteiger partial charge in [0.05, 0.1) is 12.7 Å². The Bertz CT molecular complexity index is 327. The molecule has 16 heavy (non-hydrogen) atoms. The van der Waals surface area contributed by atoms with Crippen molar-refractivity contribution in [2.75, 3.05) is 7.11 Å². The summed E-state index contributed by atoms with van der Waals surface area (Å²) < 4.78 is 18.5. The fraction of sp³-hybridized carbons (Fsp3) is 0.417. The Morgan fingerprint density at radius 3 is 2.50 bits per heavy atom. The molecule has 0 saturated heterocycles. The topological polar surface area (TPSA) is 26.3 Å².